The molecule has 2 N–H and O–H groups in total. The molecule has 0 aliphatic carbocycles. The summed E-state index contributed by atoms with van der Waals surface area (Å²) in [5.41, 5.74) is 7.80. The number of nitrogens with two attached hydrogens (primary N) is 1. The first-order valence-corrected chi connectivity index (χ1v) is 11.5. The number of rotatable bonds is 6. The lowest BCUT2D eigenvalue weighted by Gasteiger charge is -2.47. The largest absolute Gasteiger partial charge is 0.375 e. The Kier molecular flexibility index (Phi) is 5.76. The monoisotopic (exact) mass is 414 g/mol. The second-order valence-corrected chi connectivity index (χ2v) is 9.76. The number of thiazole rings is 1. The van der Waals surface area contributed by atoms with Gasteiger partial charge < -0.3 is 15.2 Å². The Labute approximate surface area is 175 Å². The number of carbonyl (C=O) groups is 1. The highest BCUT2D eigenvalue weighted by Gasteiger charge is 2.41. The van der Waals surface area contributed by atoms with E-state index in [1.54, 1.807) is 6.07 Å². The number of anilines is 1. The summed E-state index contributed by atoms with van der Waals surface area (Å²) in [6.07, 6.45) is 4.24. The lowest BCUT2D eigenvalue weighted by atomic mass is 9.76. The minimum absolute atomic E-state index is 0.104. The predicted octanol–water partition coefficient (Wildman–Crippen LogP) is 3.44. The van der Waals surface area contributed by atoms with E-state index in [0.29, 0.717) is 36.4 Å². The summed E-state index contributed by atoms with van der Waals surface area (Å²) in [5.74, 6) is 1.37. The summed E-state index contributed by atoms with van der Waals surface area (Å²) in [4.78, 5) is 31.9. The van der Waals surface area contributed by atoms with E-state index in [-0.39, 0.29) is 23.4 Å². The standard InChI is InChI=1S/C22H30N4O2S/c1-14(2)6-8-19-16-10-15(18-4-3-5-21(28)26(18)19)11-25(12-16)20(27)9-7-17-13-29-22(23)24-17/h3-5,13-16,19H,6-12H2,1-2H3,(H2,23,24)/t15-,16+,19+/m1/s1. The molecule has 1 amide bonds. The molecule has 2 aromatic heterocycles. The van der Waals surface area contributed by atoms with E-state index in [4.69, 9.17) is 5.73 Å². The number of hydrogen-bond acceptors (Lipinski definition) is 5. The second-order valence-electron chi connectivity index (χ2n) is 8.87. The Bertz CT molecular complexity index is 935. The molecule has 1 fully saturated rings. The molecular formula is C22H30N4O2S. The summed E-state index contributed by atoms with van der Waals surface area (Å²) in [6, 6.07) is 5.80. The van der Waals surface area contributed by atoms with Gasteiger partial charge in [-0.1, -0.05) is 19.9 Å². The van der Waals surface area contributed by atoms with E-state index in [2.05, 4.69) is 24.9 Å². The zero-order valence-corrected chi connectivity index (χ0v) is 18.0. The first-order valence-electron chi connectivity index (χ1n) is 10.6. The van der Waals surface area contributed by atoms with Crippen molar-refractivity contribution in [3.05, 3.63) is 45.3 Å². The van der Waals surface area contributed by atoms with Crippen molar-refractivity contribution in [1.82, 2.24) is 14.5 Å². The van der Waals surface area contributed by atoms with Gasteiger partial charge in [-0.2, -0.15) is 0 Å². The van der Waals surface area contributed by atoms with Crippen LogP contribution in [0.2, 0.25) is 0 Å². The lowest BCUT2D eigenvalue weighted by molar-refractivity contribution is -0.134. The van der Waals surface area contributed by atoms with Crippen LogP contribution in [-0.4, -0.2) is 33.4 Å². The highest BCUT2D eigenvalue weighted by molar-refractivity contribution is 7.13. The Morgan fingerprint density at radius 3 is 2.90 bits per heavy atom. The highest BCUT2D eigenvalue weighted by Crippen LogP contribution is 2.43. The smallest absolute Gasteiger partial charge is 0.250 e. The van der Waals surface area contributed by atoms with Gasteiger partial charge >= 0.3 is 0 Å². The summed E-state index contributed by atoms with van der Waals surface area (Å²) in [5, 5.41) is 2.48. The number of aromatic nitrogens is 2. The van der Waals surface area contributed by atoms with Crippen LogP contribution < -0.4 is 11.3 Å². The van der Waals surface area contributed by atoms with Gasteiger partial charge in [0.2, 0.25) is 5.91 Å². The molecule has 29 heavy (non-hydrogen) atoms. The van der Waals surface area contributed by atoms with E-state index >= 15 is 0 Å². The number of nitrogens with zero attached hydrogens (tertiary/aromatic N) is 3. The molecule has 2 aliphatic heterocycles. The molecule has 4 heterocycles. The number of pyridine rings is 1. The lowest BCUT2D eigenvalue weighted by Crippen LogP contribution is -2.51. The molecule has 6 nitrogen and oxygen atoms in total. The third-order valence-electron chi connectivity index (χ3n) is 6.36. The third-order valence-corrected chi connectivity index (χ3v) is 7.08. The highest BCUT2D eigenvalue weighted by atomic mass is 32.1. The van der Waals surface area contributed by atoms with Crippen molar-refractivity contribution in [3.63, 3.8) is 0 Å². The maximum Gasteiger partial charge on any atom is 0.250 e. The van der Waals surface area contributed by atoms with Crippen LogP contribution in [0, 0.1) is 11.8 Å². The number of likely N-dealkylation sites (tertiary alicyclic amines) is 1. The Morgan fingerprint density at radius 1 is 1.34 bits per heavy atom. The van der Waals surface area contributed by atoms with Crippen molar-refractivity contribution in [2.45, 2.75) is 57.9 Å². The Morgan fingerprint density at radius 2 is 2.17 bits per heavy atom. The van der Waals surface area contributed by atoms with Crippen molar-refractivity contribution < 1.29 is 4.79 Å². The summed E-state index contributed by atoms with van der Waals surface area (Å²) < 4.78 is 2.04. The van der Waals surface area contributed by atoms with Crippen LogP contribution in [0.15, 0.2) is 28.4 Å². The molecule has 0 saturated carbocycles. The van der Waals surface area contributed by atoms with Crippen molar-refractivity contribution >= 4 is 22.4 Å². The van der Waals surface area contributed by atoms with Crippen molar-refractivity contribution in [2.75, 3.05) is 18.8 Å². The van der Waals surface area contributed by atoms with Crippen molar-refractivity contribution in [2.24, 2.45) is 11.8 Å². The summed E-state index contributed by atoms with van der Waals surface area (Å²) >= 11 is 1.42. The predicted molar refractivity (Wildman–Crippen MR) is 116 cm³/mol. The van der Waals surface area contributed by atoms with E-state index < -0.39 is 0 Å². The quantitative estimate of drug-likeness (QED) is 0.785. The number of fused-ring (bicyclic) bond motifs is 4. The second kappa shape index (κ2) is 8.30. The van der Waals surface area contributed by atoms with Crippen molar-refractivity contribution in [3.8, 4) is 0 Å². The molecule has 0 aromatic carbocycles. The van der Waals surface area contributed by atoms with Gasteiger partial charge in [-0.15, -0.1) is 11.3 Å². The van der Waals surface area contributed by atoms with Crippen LogP contribution in [0.25, 0.3) is 0 Å². The van der Waals surface area contributed by atoms with E-state index in [0.717, 1.165) is 37.2 Å². The molecule has 156 valence electrons. The molecular weight excluding hydrogens is 384 g/mol. The van der Waals surface area contributed by atoms with E-state index in [1.807, 2.05) is 20.9 Å². The van der Waals surface area contributed by atoms with Crippen LogP contribution in [0.4, 0.5) is 5.13 Å². The summed E-state index contributed by atoms with van der Waals surface area (Å²) in [6.45, 7) is 5.90. The normalized spacial score (nSPS) is 23.3. The average molecular weight is 415 g/mol. The molecule has 2 bridgehead atoms. The number of aryl methyl sites for hydroxylation is 1. The van der Waals surface area contributed by atoms with Gasteiger partial charge in [-0.3, -0.25) is 9.59 Å². The van der Waals surface area contributed by atoms with Gasteiger partial charge in [-0.05, 0) is 43.6 Å². The van der Waals surface area contributed by atoms with Crippen LogP contribution in [0.5, 0.6) is 0 Å². The fourth-order valence-electron chi connectivity index (χ4n) is 4.95. The molecule has 0 radical (unpaired) electrons. The molecule has 3 atom stereocenters. The number of nitrogen functional groups attached to an aromatic ring is 1. The fourth-order valence-corrected chi connectivity index (χ4v) is 5.55. The Balaban J connectivity index is 1.52. The molecule has 1 saturated heterocycles. The minimum atomic E-state index is 0.104. The molecule has 0 spiro atoms. The average Bonchev–Trinajstić information content (AvgIpc) is 3.11. The maximum absolute atomic E-state index is 13.0. The van der Waals surface area contributed by atoms with Gasteiger partial charge in [0, 0.05) is 48.6 Å². The first kappa shape index (κ1) is 20.1. The van der Waals surface area contributed by atoms with Crippen LogP contribution in [0.1, 0.15) is 62.9 Å². The molecule has 4 rings (SSSR count). The summed E-state index contributed by atoms with van der Waals surface area (Å²) in [7, 11) is 0. The van der Waals surface area contributed by atoms with Gasteiger partial charge in [0.15, 0.2) is 5.13 Å². The molecule has 7 heteroatoms. The van der Waals surface area contributed by atoms with Gasteiger partial charge in [-0.25, -0.2) is 4.98 Å². The number of hydrogen-bond donors (Lipinski definition) is 1. The molecule has 2 aliphatic rings. The van der Waals surface area contributed by atoms with Gasteiger partial charge in [0.05, 0.1) is 5.69 Å². The van der Waals surface area contributed by atoms with Crippen LogP contribution in [-0.2, 0) is 11.2 Å². The number of piperidine rings is 1. The molecule has 0 unspecified atom stereocenters. The first-order chi connectivity index (χ1) is 13.9. The maximum atomic E-state index is 13.0. The van der Waals surface area contributed by atoms with Crippen LogP contribution in [0.3, 0.4) is 0 Å². The van der Waals surface area contributed by atoms with Crippen molar-refractivity contribution in [1.29, 1.82) is 0 Å². The number of amides is 1. The number of carbonyl (C=O) groups excluding carboxylic acids is 1. The van der Waals surface area contributed by atoms with E-state index in [1.165, 1.54) is 11.3 Å². The Hall–Kier alpha value is -2.15. The zero-order chi connectivity index (χ0) is 20.5. The fraction of sp³-hybridized carbons (Fsp3) is 0.591. The minimum Gasteiger partial charge on any atom is -0.375 e. The topological polar surface area (TPSA) is 81.2 Å². The SMILES string of the molecule is CC(C)CC[C@H]1[C@H]2C[C@H](CN(C(=O)CCc3csc(N)n3)C2)c2cccc(=O)n21. The van der Waals surface area contributed by atoms with Gasteiger partial charge in [0.25, 0.3) is 5.56 Å². The van der Waals surface area contributed by atoms with Gasteiger partial charge in [0.1, 0.15) is 0 Å². The third kappa shape index (κ3) is 4.25. The van der Waals surface area contributed by atoms with E-state index in [9.17, 15) is 9.59 Å². The molecule has 2 aromatic rings. The van der Waals surface area contributed by atoms with Crippen LogP contribution >= 0.6 is 11.3 Å². The zero-order valence-electron chi connectivity index (χ0n) is 17.2.